The molecule has 0 saturated heterocycles. The van der Waals surface area contributed by atoms with Crippen LogP contribution in [-0.4, -0.2) is 26.6 Å². The Hall–Kier alpha value is -3.02. The minimum Gasteiger partial charge on any atom is -0.288 e. The molecule has 1 aromatic carbocycles. The van der Waals surface area contributed by atoms with Crippen molar-refractivity contribution in [3.05, 3.63) is 52.8 Å². The van der Waals surface area contributed by atoms with Crippen LogP contribution in [0.3, 0.4) is 0 Å². The van der Waals surface area contributed by atoms with Gasteiger partial charge >= 0.3 is 0 Å². The summed E-state index contributed by atoms with van der Waals surface area (Å²) in [5.74, 6) is -0.793. The van der Waals surface area contributed by atoms with Crippen molar-refractivity contribution >= 4 is 22.8 Å². The monoisotopic (exact) mass is 334 g/mol. The number of aromatic nitrogens is 3. The van der Waals surface area contributed by atoms with E-state index in [9.17, 15) is 9.59 Å². The number of nitrogens with one attached hydrogen (secondary N) is 1. The van der Waals surface area contributed by atoms with Gasteiger partial charge in [0.25, 0.3) is 11.8 Å². The highest BCUT2D eigenvalue weighted by Crippen LogP contribution is 2.34. The van der Waals surface area contributed by atoms with Crippen LogP contribution in [0.4, 0.5) is 0 Å². The van der Waals surface area contributed by atoms with E-state index in [0.29, 0.717) is 22.2 Å². The van der Waals surface area contributed by atoms with Crippen molar-refractivity contribution < 1.29 is 9.59 Å². The van der Waals surface area contributed by atoms with Crippen molar-refractivity contribution in [3.8, 4) is 5.69 Å². The van der Waals surface area contributed by atoms with E-state index in [2.05, 4.69) is 10.3 Å². The van der Waals surface area contributed by atoms with Gasteiger partial charge in [0.1, 0.15) is 0 Å². The summed E-state index contributed by atoms with van der Waals surface area (Å²) in [4.78, 5) is 28.8. The predicted molar refractivity (Wildman–Crippen MR) is 94.1 cm³/mol. The number of fused-ring (bicyclic) bond motifs is 3. The van der Waals surface area contributed by atoms with Crippen LogP contribution in [0.15, 0.2) is 30.5 Å². The lowest BCUT2D eigenvalue weighted by molar-refractivity contribution is 0.0880. The summed E-state index contributed by atoms with van der Waals surface area (Å²) >= 11 is 0. The maximum atomic E-state index is 12.4. The largest absolute Gasteiger partial charge is 0.288 e. The number of carbonyl (C=O) groups is 2. The molecule has 0 unspecified atom stereocenters. The third-order valence-corrected chi connectivity index (χ3v) is 4.38. The van der Waals surface area contributed by atoms with Crippen molar-refractivity contribution in [1.29, 1.82) is 0 Å². The molecule has 1 N–H and O–H groups in total. The van der Waals surface area contributed by atoms with Crippen LogP contribution in [0.25, 0.3) is 16.7 Å². The first kappa shape index (κ1) is 15.5. The lowest BCUT2D eigenvalue weighted by Crippen LogP contribution is -2.20. The van der Waals surface area contributed by atoms with Gasteiger partial charge in [-0.15, -0.1) is 0 Å². The number of benzene rings is 1. The number of amides is 2. The van der Waals surface area contributed by atoms with Crippen molar-refractivity contribution in [2.24, 2.45) is 0 Å². The van der Waals surface area contributed by atoms with E-state index in [4.69, 9.17) is 5.10 Å². The number of rotatable bonds is 1. The van der Waals surface area contributed by atoms with Gasteiger partial charge in [-0.1, -0.05) is 38.5 Å². The van der Waals surface area contributed by atoms with Crippen LogP contribution in [0.5, 0.6) is 0 Å². The van der Waals surface area contributed by atoms with Gasteiger partial charge in [-0.3, -0.25) is 14.9 Å². The average molecular weight is 334 g/mol. The Balaban J connectivity index is 2.11. The van der Waals surface area contributed by atoms with Crippen LogP contribution in [0, 0.1) is 6.92 Å². The lowest BCUT2D eigenvalue weighted by Gasteiger charge is -2.16. The first-order valence-corrected chi connectivity index (χ1v) is 8.12. The molecular weight excluding hydrogens is 316 g/mol. The fraction of sp³-hybridized carbons (Fsp3) is 0.263. The number of imide groups is 1. The first-order valence-electron chi connectivity index (χ1n) is 8.12. The summed E-state index contributed by atoms with van der Waals surface area (Å²) in [6.07, 6.45) is 1.46. The normalized spacial score (nSPS) is 14.1. The molecule has 3 heterocycles. The van der Waals surface area contributed by atoms with Crippen molar-refractivity contribution in [3.63, 3.8) is 0 Å². The minimum atomic E-state index is -0.405. The van der Waals surface area contributed by atoms with Gasteiger partial charge in [-0.2, -0.15) is 5.10 Å². The molecule has 1 aliphatic rings. The molecule has 3 aromatic rings. The SMILES string of the molecule is Cc1ccc(-n2nc(C(C)(C)C)c3c4c(cnc32)C(=O)NC4=O)cc1. The highest BCUT2D eigenvalue weighted by Gasteiger charge is 2.35. The molecule has 25 heavy (non-hydrogen) atoms. The van der Waals surface area contributed by atoms with Gasteiger partial charge in [0, 0.05) is 11.6 Å². The Kier molecular flexibility index (Phi) is 3.09. The van der Waals surface area contributed by atoms with Gasteiger partial charge in [0.2, 0.25) is 0 Å². The molecule has 0 aliphatic carbocycles. The first-order chi connectivity index (χ1) is 11.8. The smallest absolute Gasteiger partial charge is 0.260 e. The molecule has 1 aliphatic heterocycles. The second-order valence-electron chi connectivity index (χ2n) is 7.37. The lowest BCUT2D eigenvalue weighted by atomic mass is 9.88. The molecule has 0 saturated carbocycles. The molecule has 0 bridgehead atoms. The number of hydrogen-bond acceptors (Lipinski definition) is 4. The molecule has 126 valence electrons. The second-order valence-corrected chi connectivity index (χ2v) is 7.37. The van der Waals surface area contributed by atoms with E-state index in [1.54, 1.807) is 4.68 Å². The molecule has 0 spiro atoms. The minimum absolute atomic E-state index is 0.309. The van der Waals surface area contributed by atoms with Crippen LogP contribution in [-0.2, 0) is 5.41 Å². The summed E-state index contributed by atoms with van der Waals surface area (Å²) in [7, 11) is 0. The van der Waals surface area contributed by atoms with Crippen LogP contribution >= 0.6 is 0 Å². The summed E-state index contributed by atoms with van der Waals surface area (Å²) in [6.45, 7) is 8.11. The molecule has 0 atom stereocenters. The Morgan fingerprint density at radius 3 is 2.36 bits per heavy atom. The van der Waals surface area contributed by atoms with Gasteiger partial charge in [0.05, 0.1) is 27.9 Å². The zero-order valence-corrected chi connectivity index (χ0v) is 14.5. The number of aryl methyl sites for hydroxylation is 1. The fourth-order valence-electron chi connectivity index (χ4n) is 3.12. The van der Waals surface area contributed by atoms with E-state index in [0.717, 1.165) is 16.9 Å². The topological polar surface area (TPSA) is 76.9 Å². The standard InChI is InChI=1S/C19H18N4O2/c1-10-5-7-11(8-6-10)23-16-14(15(22-23)19(2,3)4)13-12(9-20-16)17(24)21-18(13)25/h5-9H,1-4H3,(H,21,24,25). The zero-order valence-electron chi connectivity index (χ0n) is 14.5. The molecule has 2 amide bonds. The van der Waals surface area contributed by atoms with Gasteiger partial charge in [-0.05, 0) is 19.1 Å². The number of hydrogen-bond donors (Lipinski definition) is 1. The molecule has 4 rings (SSSR count). The molecule has 0 fully saturated rings. The van der Waals surface area contributed by atoms with Gasteiger partial charge < -0.3 is 0 Å². The van der Waals surface area contributed by atoms with Gasteiger partial charge in [0.15, 0.2) is 5.65 Å². The Bertz CT molecular complexity index is 1040. The predicted octanol–water partition coefficient (Wildman–Crippen LogP) is 2.91. The van der Waals surface area contributed by atoms with E-state index in [-0.39, 0.29) is 11.3 Å². The fourth-order valence-corrected chi connectivity index (χ4v) is 3.12. The van der Waals surface area contributed by atoms with Crippen molar-refractivity contribution in [2.45, 2.75) is 33.1 Å². The Morgan fingerprint density at radius 2 is 1.72 bits per heavy atom. The highest BCUT2D eigenvalue weighted by molar-refractivity contribution is 6.26. The van der Waals surface area contributed by atoms with E-state index < -0.39 is 5.91 Å². The maximum absolute atomic E-state index is 12.4. The van der Waals surface area contributed by atoms with Gasteiger partial charge in [-0.25, -0.2) is 9.67 Å². The van der Waals surface area contributed by atoms with E-state index in [1.807, 2.05) is 52.0 Å². The summed E-state index contributed by atoms with van der Waals surface area (Å²) in [5, 5.41) is 7.76. The third kappa shape index (κ3) is 2.25. The number of nitrogens with zero attached hydrogens (tertiary/aromatic N) is 3. The average Bonchev–Trinajstić information content (AvgIpc) is 3.06. The quantitative estimate of drug-likeness (QED) is 0.694. The summed E-state index contributed by atoms with van der Waals surface area (Å²) < 4.78 is 1.74. The molecule has 2 aromatic heterocycles. The molecule has 0 radical (unpaired) electrons. The van der Waals surface area contributed by atoms with E-state index in [1.165, 1.54) is 6.20 Å². The van der Waals surface area contributed by atoms with E-state index >= 15 is 0 Å². The van der Waals surface area contributed by atoms with Crippen molar-refractivity contribution in [1.82, 2.24) is 20.1 Å². The molecular formula is C19H18N4O2. The third-order valence-electron chi connectivity index (χ3n) is 4.38. The van der Waals surface area contributed by atoms with Crippen LogP contribution < -0.4 is 5.32 Å². The molecule has 6 heteroatoms. The van der Waals surface area contributed by atoms with Crippen LogP contribution in [0.1, 0.15) is 52.7 Å². The second kappa shape index (κ2) is 4.99. The molecule has 6 nitrogen and oxygen atoms in total. The summed E-state index contributed by atoms with van der Waals surface area (Å²) in [6, 6.07) is 7.94. The Morgan fingerprint density at radius 1 is 1.04 bits per heavy atom. The Labute approximate surface area is 144 Å². The maximum Gasteiger partial charge on any atom is 0.260 e. The van der Waals surface area contributed by atoms with Crippen molar-refractivity contribution in [2.75, 3.05) is 0 Å². The summed E-state index contributed by atoms with van der Waals surface area (Å²) in [5.41, 5.74) is 3.72. The zero-order chi connectivity index (χ0) is 17.9. The number of carbonyl (C=O) groups excluding carboxylic acids is 2. The highest BCUT2D eigenvalue weighted by atomic mass is 16.2. The number of pyridine rings is 1. The van der Waals surface area contributed by atoms with Crippen LogP contribution in [0.2, 0.25) is 0 Å².